The van der Waals surface area contributed by atoms with Crippen molar-refractivity contribution in [2.45, 2.75) is 38.7 Å². The highest BCUT2D eigenvalue weighted by molar-refractivity contribution is 7.90. The number of thiazole rings is 1. The van der Waals surface area contributed by atoms with Gasteiger partial charge in [-0.2, -0.15) is 12.7 Å². The molecular weight excluding hydrogens is 286 g/mol. The number of hydrogen-bond donors (Lipinski definition) is 2. The minimum atomic E-state index is -3.52. The summed E-state index contributed by atoms with van der Waals surface area (Å²) in [6, 6.07) is 0. The van der Waals surface area contributed by atoms with E-state index in [0.717, 1.165) is 25.7 Å². The van der Waals surface area contributed by atoms with Crippen LogP contribution in [0.3, 0.4) is 0 Å². The molecule has 1 fully saturated rings. The highest BCUT2D eigenvalue weighted by Crippen LogP contribution is 2.22. The standard InChI is InChI=1S/C11H19N3O3S2/c1-9(15)10-8-18-11(12-10)13-19(16,17)14-6-4-2-3-5-7-14/h8-9,15H,2-7H2,1H3,(H,12,13). The van der Waals surface area contributed by atoms with Crippen molar-refractivity contribution in [1.82, 2.24) is 9.29 Å². The van der Waals surface area contributed by atoms with E-state index in [4.69, 9.17) is 0 Å². The summed E-state index contributed by atoms with van der Waals surface area (Å²) in [5.41, 5.74) is 0.485. The molecule has 1 unspecified atom stereocenters. The van der Waals surface area contributed by atoms with E-state index in [1.54, 1.807) is 12.3 Å². The van der Waals surface area contributed by atoms with E-state index in [1.807, 2.05) is 0 Å². The lowest BCUT2D eigenvalue weighted by Gasteiger charge is -2.19. The van der Waals surface area contributed by atoms with E-state index >= 15 is 0 Å². The molecule has 6 nitrogen and oxygen atoms in total. The number of rotatable bonds is 4. The molecule has 108 valence electrons. The van der Waals surface area contributed by atoms with E-state index in [2.05, 4.69) is 9.71 Å². The van der Waals surface area contributed by atoms with Crippen molar-refractivity contribution in [3.63, 3.8) is 0 Å². The van der Waals surface area contributed by atoms with Crippen LogP contribution in [0.2, 0.25) is 0 Å². The van der Waals surface area contributed by atoms with Crippen molar-refractivity contribution in [3.05, 3.63) is 11.1 Å². The summed E-state index contributed by atoms with van der Waals surface area (Å²) in [5, 5.41) is 11.3. The largest absolute Gasteiger partial charge is 0.387 e. The van der Waals surface area contributed by atoms with Crippen LogP contribution in [0.1, 0.15) is 44.4 Å². The van der Waals surface area contributed by atoms with Gasteiger partial charge >= 0.3 is 10.2 Å². The van der Waals surface area contributed by atoms with Gasteiger partial charge in [0.2, 0.25) is 0 Å². The van der Waals surface area contributed by atoms with Gasteiger partial charge in [0.15, 0.2) is 5.13 Å². The Labute approximate surface area is 117 Å². The molecule has 1 aromatic heterocycles. The Morgan fingerprint density at radius 2 is 2.00 bits per heavy atom. The summed E-state index contributed by atoms with van der Waals surface area (Å²) < 4.78 is 28.4. The second-order valence-electron chi connectivity index (χ2n) is 4.67. The van der Waals surface area contributed by atoms with Gasteiger partial charge in [0, 0.05) is 18.5 Å². The van der Waals surface area contributed by atoms with Crippen LogP contribution >= 0.6 is 11.3 Å². The second kappa shape index (κ2) is 6.17. The van der Waals surface area contributed by atoms with Crippen molar-refractivity contribution >= 4 is 26.7 Å². The van der Waals surface area contributed by atoms with Crippen LogP contribution in [0.4, 0.5) is 5.13 Å². The van der Waals surface area contributed by atoms with E-state index in [0.29, 0.717) is 23.9 Å². The summed E-state index contributed by atoms with van der Waals surface area (Å²) in [6.45, 7) is 2.72. The Morgan fingerprint density at radius 1 is 1.37 bits per heavy atom. The first-order chi connectivity index (χ1) is 8.99. The molecule has 2 N–H and O–H groups in total. The zero-order valence-corrected chi connectivity index (χ0v) is 12.5. The Balaban J connectivity index is 2.06. The van der Waals surface area contributed by atoms with Gasteiger partial charge in [-0.05, 0) is 19.8 Å². The number of nitrogens with one attached hydrogen (secondary N) is 1. The molecule has 1 aliphatic rings. The lowest BCUT2D eigenvalue weighted by atomic mass is 10.2. The van der Waals surface area contributed by atoms with Crippen molar-refractivity contribution in [2.75, 3.05) is 17.8 Å². The lowest BCUT2D eigenvalue weighted by molar-refractivity contribution is 0.195. The second-order valence-corrected chi connectivity index (χ2v) is 7.20. The molecule has 0 radical (unpaired) electrons. The number of aliphatic hydroxyl groups excluding tert-OH is 1. The Morgan fingerprint density at radius 3 is 2.53 bits per heavy atom. The van der Waals surface area contributed by atoms with Crippen molar-refractivity contribution in [2.24, 2.45) is 0 Å². The lowest BCUT2D eigenvalue weighted by Crippen LogP contribution is -2.36. The van der Waals surface area contributed by atoms with Gasteiger partial charge in [-0.15, -0.1) is 11.3 Å². The van der Waals surface area contributed by atoms with Crippen molar-refractivity contribution in [1.29, 1.82) is 0 Å². The molecule has 1 saturated heterocycles. The SMILES string of the molecule is CC(O)c1csc(NS(=O)(=O)N2CCCCCC2)n1. The van der Waals surface area contributed by atoms with E-state index in [1.165, 1.54) is 15.6 Å². The molecule has 8 heteroatoms. The Bertz CT molecular complexity index is 505. The molecule has 1 aliphatic heterocycles. The number of aliphatic hydroxyl groups is 1. The Kier molecular flexibility index (Phi) is 4.77. The maximum Gasteiger partial charge on any atom is 0.303 e. The van der Waals surface area contributed by atoms with Crippen LogP contribution in [-0.4, -0.2) is 35.9 Å². The third-order valence-corrected chi connectivity index (χ3v) is 5.47. The van der Waals surface area contributed by atoms with Crippen LogP contribution in [0, 0.1) is 0 Å². The van der Waals surface area contributed by atoms with Crippen LogP contribution in [0.25, 0.3) is 0 Å². The topological polar surface area (TPSA) is 82.5 Å². The minimum absolute atomic E-state index is 0.306. The quantitative estimate of drug-likeness (QED) is 0.887. The van der Waals surface area contributed by atoms with Crippen LogP contribution in [0.5, 0.6) is 0 Å². The monoisotopic (exact) mass is 305 g/mol. The molecule has 2 heterocycles. The number of nitrogens with zero attached hydrogens (tertiary/aromatic N) is 2. The first kappa shape index (κ1) is 14.7. The molecule has 0 amide bonds. The predicted molar refractivity (Wildman–Crippen MR) is 75.3 cm³/mol. The van der Waals surface area contributed by atoms with Crippen molar-refractivity contribution in [3.8, 4) is 0 Å². The van der Waals surface area contributed by atoms with Crippen LogP contribution < -0.4 is 4.72 Å². The molecule has 19 heavy (non-hydrogen) atoms. The molecule has 0 aromatic carbocycles. The molecule has 0 aliphatic carbocycles. The highest BCUT2D eigenvalue weighted by atomic mass is 32.2. The molecule has 0 saturated carbocycles. The fourth-order valence-electron chi connectivity index (χ4n) is 1.98. The molecule has 2 rings (SSSR count). The summed E-state index contributed by atoms with van der Waals surface area (Å²) >= 11 is 1.19. The zero-order chi connectivity index (χ0) is 13.9. The average Bonchev–Trinajstić information content (AvgIpc) is 2.63. The zero-order valence-electron chi connectivity index (χ0n) is 10.9. The first-order valence-corrected chi connectivity index (χ1v) is 8.72. The third-order valence-electron chi connectivity index (χ3n) is 3.07. The molecule has 0 spiro atoms. The Hall–Kier alpha value is -0.700. The van der Waals surface area contributed by atoms with Crippen LogP contribution in [0.15, 0.2) is 5.38 Å². The number of aromatic nitrogens is 1. The number of hydrogen-bond acceptors (Lipinski definition) is 5. The summed E-state index contributed by atoms with van der Waals surface area (Å²) in [5.74, 6) is 0. The molecule has 0 bridgehead atoms. The van der Waals surface area contributed by atoms with Gasteiger partial charge in [0.1, 0.15) is 0 Å². The number of anilines is 1. The fraction of sp³-hybridized carbons (Fsp3) is 0.727. The fourth-order valence-corrected chi connectivity index (χ4v) is 4.26. The summed E-state index contributed by atoms with van der Waals surface area (Å²) in [4.78, 5) is 4.06. The average molecular weight is 305 g/mol. The normalized spacial score (nSPS) is 19.9. The van der Waals surface area contributed by atoms with Crippen LogP contribution in [-0.2, 0) is 10.2 Å². The minimum Gasteiger partial charge on any atom is -0.387 e. The third kappa shape index (κ3) is 3.88. The van der Waals surface area contributed by atoms with Crippen molar-refractivity contribution < 1.29 is 13.5 Å². The van der Waals surface area contributed by atoms with E-state index in [-0.39, 0.29) is 0 Å². The summed E-state index contributed by atoms with van der Waals surface area (Å²) in [7, 11) is -3.52. The molecule has 1 atom stereocenters. The predicted octanol–water partition coefficient (Wildman–Crippen LogP) is 1.73. The van der Waals surface area contributed by atoms with E-state index < -0.39 is 16.3 Å². The van der Waals surface area contributed by atoms with Gasteiger partial charge in [-0.3, -0.25) is 0 Å². The maximum absolute atomic E-state index is 12.2. The highest BCUT2D eigenvalue weighted by Gasteiger charge is 2.24. The van der Waals surface area contributed by atoms with Gasteiger partial charge in [0.25, 0.3) is 0 Å². The van der Waals surface area contributed by atoms with Gasteiger partial charge in [-0.25, -0.2) is 9.71 Å². The smallest absolute Gasteiger partial charge is 0.303 e. The van der Waals surface area contributed by atoms with Gasteiger partial charge in [0.05, 0.1) is 11.8 Å². The molecule has 1 aromatic rings. The molecular formula is C11H19N3O3S2. The van der Waals surface area contributed by atoms with Gasteiger partial charge in [-0.1, -0.05) is 12.8 Å². The first-order valence-electron chi connectivity index (χ1n) is 6.40. The summed E-state index contributed by atoms with van der Waals surface area (Å²) in [6.07, 6.45) is 3.27. The van der Waals surface area contributed by atoms with Gasteiger partial charge < -0.3 is 5.11 Å². The van der Waals surface area contributed by atoms with E-state index in [9.17, 15) is 13.5 Å². The maximum atomic E-state index is 12.2.